The second-order valence-electron chi connectivity index (χ2n) is 4.39. The first kappa shape index (κ1) is 13.7. The van der Waals surface area contributed by atoms with E-state index in [1.54, 1.807) is 6.08 Å². The van der Waals surface area contributed by atoms with Crippen molar-refractivity contribution >= 4 is 5.69 Å². The molecule has 2 atom stereocenters. The zero-order chi connectivity index (χ0) is 12.7. The number of nitrogens with one attached hydrogen (secondary N) is 1. The molecule has 0 fully saturated rings. The Hall–Kier alpha value is -1.32. The fourth-order valence-corrected chi connectivity index (χ4v) is 1.61. The molecule has 94 valence electrons. The fourth-order valence-electron chi connectivity index (χ4n) is 1.61. The topological polar surface area (TPSA) is 41.5 Å². The summed E-state index contributed by atoms with van der Waals surface area (Å²) in [6, 6.07) is 9.62. The van der Waals surface area contributed by atoms with Gasteiger partial charge in [-0.05, 0) is 24.5 Å². The van der Waals surface area contributed by atoms with E-state index in [1.807, 2.05) is 44.2 Å². The zero-order valence-corrected chi connectivity index (χ0v) is 10.5. The van der Waals surface area contributed by atoms with Gasteiger partial charge in [0.1, 0.15) is 6.10 Å². The van der Waals surface area contributed by atoms with Crippen molar-refractivity contribution in [3.8, 4) is 0 Å². The minimum Gasteiger partial charge on any atom is -0.390 e. The van der Waals surface area contributed by atoms with E-state index in [1.165, 1.54) is 0 Å². The van der Waals surface area contributed by atoms with E-state index in [0.29, 0.717) is 6.42 Å². The molecule has 3 heteroatoms. The standard InChI is InChI=1S/C14H21NO2/c1-4-8-13(16)14(11(2)3)17-15-12-9-6-5-7-10-12/h4-7,9-11,13-16H,1,8H2,2-3H3/t13-,14-/m1/s1. The van der Waals surface area contributed by atoms with Crippen LogP contribution >= 0.6 is 0 Å². The highest BCUT2D eigenvalue weighted by Gasteiger charge is 2.23. The molecule has 3 nitrogen and oxygen atoms in total. The molecule has 0 bridgehead atoms. The molecule has 0 heterocycles. The number of anilines is 1. The van der Waals surface area contributed by atoms with Gasteiger partial charge in [-0.25, -0.2) is 0 Å². The summed E-state index contributed by atoms with van der Waals surface area (Å²) in [5.41, 5.74) is 3.75. The van der Waals surface area contributed by atoms with Crippen molar-refractivity contribution in [2.24, 2.45) is 5.92 Å². The van der Waals surface area contributed by atoms with E-state index >= 15 is 0 Å². The number of benzene rings is 1. The first-order valence-electron chi connectivity index (χ1n) is 5.90. The Morgan fingerprint density at radius 2 is 2.00 bits per heavy atom. The van der Waals surface area contributed by atoms with Crippen LogP contribution in [0.4, 0.5) is 5.69 Å². The third kappa shape index (κ3) is 4.59. The number of aliphatic hydroxyl groups excluding tert-OH is 1. The van der Waals surface area contributed by atoms with E-state index in [2.05, 4.69) is 12.1 Å². The van der Waals surface area contributed by atoms with Gasteiger partial charge in [-0.15, -0.1) is 6.58 Å². The predicted octanol–water partition coefficient (Wildman–Crippen LogP) is 2.99. The minimum atomic E-state index is -0.538. The van der Waals surface area contributed by atoms with Gasteiger partial charge in [0.15, 0.2) is 0 Å². The monoisotopic (exact) mass is 235 g/mol. The number of hydrogen-bond acceptors (Lipinski definition) is 3. The van der Waals surface area contributed by atoms with Gasteiger partial charge in [-0.1, -0.05) is 38.1 Å². The smallest absolute Gasteiger partial charge is 0.114 e. The van der Waals surface area contributed by atoms with Gasteiger partial charge in [-0.2, -0.15) is 0 Å². The predicted molar refractivity (Wildman–Crippen MR) is 70.6 cm³/mol. The maximum Gasteiger partial charge on any atom is 0.114 e. The Labute approximate surface area is 103 Å². The van der Waals surface area contributed by atoms with Crippen LogP contribution in [0.3, 0.4) is 0 Å². The van der Waals surface area contributed by atoms with Crippen LogP contribution in [0.1, 0.15) is 20.3 Å². The van der Waals surface area contributed by atoms with Crippen LogP contribution in [0.5, 0.6) is 0 Å². The average Bonchev–Trinajstić information content (AvgIpc) is 2.30. The molecule has 0 aromatic heterocycles. The van der Waals surface area contributed by atoms with E-state index in [-0.39, 0.29) is 12.0 Å². The molecular formula is C14H21NO2. The Morgan fingerprint density at radius 1 is 1.35 bits per heavy atom. The summed E-state index contributed by atoms with van der Waals surface area (Å²) in [6.07, 6.45) is 1.43. The lowest BCUT2D eigenvalue weighted by Crippen LogP contribution is -2.35. The van der Waals surface area contributed by atoms with Crippen molar-refractivity contribution in [2.75, 3.05) is 5.48 Å². The molecular weight excluding hydrogens is 214 g/mol. The van der Waals surface area contributed by atoms with Crippen LogP contribution in [-0.2, 0) is 4.84 Å². The van der Waals surface area contributed by atoms with Crippen LogP contribution < -0.4 is 5.48 Å². The van der Waals surface area contributed by atoms with Crippen molar-refractivity contribution in [1.82, 2.24) is 0 Å². The largest absolute Gasteiger partial charge is 0.390 e. The van der Waals surface area contributed by atoms with Crippen LogP contribution in [-0.4, -0.2) is 17.3 Å². The van der Waals surface area contributed by atoms with Crippen molar-refractivity contribution in [1.29, 1.82) is 0 Å². The molecule has 2 N–H and O–H groups in total. The van der Waals surface area contributed by atoms with Gasteiger partial charge < -0.3 is 5.11 Å². The van der Waals surface area contributed by atoms with E-state index in [9.17, 15) is 5.11 Å². The molecule has 0 amide bonds. The molecule has 0 aliphatic carbocycles. The van der Waals surface area contributed by atoms with Gasteiger partial charge >= 0.3 is 0 Å². The van der Waals surface area contributed by atoms with Gasteiger partial charge in [0.05, 0.1) is 11.8 Å². The summed E-state index contributed by atoms with van der Waals surface area (Å²) in [7, 11) is 0. The lowest BCUT2D eigenvalue weighted by atomic mass is 10.00. The summed E-state index contributed by atoms with van der Waals surface area (Å²) in [5, 5.41) is 9.92. The molecule has 0 spiro atoms. The summed E-state index contributed by atoms with van der Waals surface area (Å²) >= 11 is 0. The average molecular weight is 235 g/mol. The van der Waals surface area contributed by atoms with E-state index < -0.39 is 6.10 Å². The Balaban J connectivity index is 2.53. The lowest BCUT2D eigenvalue weighted by molar-refractivity contribution is -0.0366. The zero-order valence-electron chi connectivity index (χ0n) is 10.5. The van der Waals surface area contributed by atoms with Gasteiger partial charge in [0, 0.05) is 0 Å². The van der Waals surface area contributed by atoms with Crippen LogP contribution in [0.2, 0.25) is 0 Å². The number of para-hydroxylation sites is 1. The summed E-state index contributed by atoms with van der Waals surface area (Å²) in [6.45, 7) is 7.66. The minimum absolute atomic E-state index is 0.223. The molecule has 0 aliphatic heterocycles. The van der Waals surface area contributed by atoms with Crippen LogP contribution in [0.25, 0.3) is 0 Å². The lowest BCUT2D eigenvalue weighted by Gasteiger charge is -2.25. The Kier molecular flexibility index (Phi) is 5.73. The second kappa shape index (κ2) is 7.09. The van der Waals surface area contributed by atoms with Gasteiger partial charge in [-0.3, -0.25) is 10.3 Å². The normalized spacial score (nSPS) is 14.4. The van der Waals surface area contributed by atoms with Gasteiger partial charge in [0.2, 0.25) is 0 Å². The quantitative estimate of drug-likeness (QED) is 0.564. The molecule has 1 aromatic carbocycles. The first-order valence-corrected chi connectivity index (χ1v) is 5.90. The number of hydrogen-bond donors (Lipinski definition) is 2. The van der Waals surface area contributed by atoms with Crippen molar-refractivity contribution in [3.63, 3.8) is 0 Å². The highest BCUT2D eigenvalue weighted by atomic mass is 16.7. The summed E-state index contributed by atoms with van der Waals surface area (Å²) in [4.78, 5) is 5.56. The summed E-state index contributed by atoms with van der Waals surface area (Å²) < 4.78 is 0. The summed E-state index contributed by atoms with van der Waals surface area (Å²) in [5.74, 6) is 0.223. The molecule has 1 aromatic rings. The molecule has 0 saturated heterocycles. The van der Waals surface area contributed by atoms with E-state index in [0.717, 1.165) is 5.69 Å². The van der Waals surface area contributed by atoms with E-state index in [4.69, 9.17) is 4.84 Å². The molecule has 0 saturated carbocycles. The number of aliphatic hydroxyl groups is 1. The van der Waals surface area contributed by atoms with Gasteiger partial charge in [0.25, 0.3) is 0 Å². The molecule has 1 rings (SSSR count). The SMILES string of the molecule is C=CC[C@@H](O)[C@H](ONc1ccccc1)C(C)C. The third-order valence-corrected chi connectivity index (χ3v) is 2.53. The maximum atomic E-state index is 9.92. The van der Waals surface area contributed by atoms with Crippen LogP contribution in [0, 0.1) is 5.92 Å². The van der Waals surface area contributed by atoms with Crippen LogP contribution in [0.15, 0.2) is 43.0 Å². The first-order chi connectivity index (χ1) is 8.15. The highest BCUT2D eigenvalue weighted by Crippen LogP contribution is 2.16. The van der Waals surface area contributed by atoms with Crippen molar-refractivity contribution in [2.45, 2.75) is 32.5 Å². The highest BCUT2D eigenvalue weighted by molar-refractivity contribution is 5.40. The second-order valence-corrected chi connectivity index (χ2v) is 4.39. The number of rotatable bonds is 7. The van der Waals surface area contributed by atoms with Crippen molar-refractivity contribution in [3.05, 3.63) is 43.0 Å². The Morgan fingerprint density at radius 3 is 2.53 bits per heavy atom. The molecule has 0 aliphatic rings. The van der Waals surface area contributed by atoms with Crippen molar-refractivity contribution < 1.29 is 9.94 Å². The molecule has 17 heavy (non-hydrogen) atoms. The molecule has 0 radical (unpaired) electrons. The Bertz CT molecular complexity index is 324. The third-order valence-electron chi connectivity index (χ3n) is 2.53. The maximum absolute atomic E-state index is 9.92. The fraction of sp³-hybridized carbons (Fsp3) is 0.429. The molecule has 0 unspecified atom stereocenters.